The van der Waals surface area contributed by atoms with E-state index in [1.165, 1.54) is 0 Å². The van der Waals surface area contributed by atoms with Gasteiger partial charge in [-0.15, -0.1) is 0 Å². The lowest BCUT2D eigenvalue weighted by molar-refractivity contribution is 0.106. The second-order valence-corrected chi connectivity index (χ2v) is 4.22. The molecule has 0 bridgehead atoms. The first kappa shape index (κ1) is 13.2. The highest BCUT2D eigenvalue weighted by atomic mass is 79.9. The predicted octanol–water partition coefficient (Wildman–Crippen LogP) is 2.99. The maximum Gasteiger partial charge on any atom is 0.153 e. The van der Waals surface area contributed by atoms with Crippen LogP contribution in [0, 0.1) is 6.92 Å². The Morgan fingerprint density at radius 1 is 1.38 bits per heavy atom. The molecule has 1 aromatic rings. The number of aryl methyl sites for hydroxylation is 1. The number of halogens is 1. The molecule has 0 aliphatic carbocycles. The molecule has 0 aliphatic heterocycles. The van der Waals surface area contributed by atoms with Crippen molar-refractivity contribution in [2.75, 3.05) is 19.8 Å². The van der Waals surface area contributed by atoms with Crippen LogP contribution in [-0.4, -0.2) is 26.1 Å². The van der Waals surface area contributed by atoms with Crippen LogP contribution in [-0.2, 0) is 4.74 Å². The van der Waals surface area contributed by atoms with Gasteiger partial charge >= 0.3 is 0 Å². The lowest BCUT2D eigenvalue weighted by Crippen LogP contribution is -2.08. The Morgan fingerprint density at radius 3 is 2.75 bits per heavy atom. The zero-order valence-electron chi connectivity index (χ0n) is 9.46. The maximum absolute atomic E-state index is 10.9. The highest BCUT2D eigenvalue weighted by Crippen LogP contribution is 2.26. The van der Waals surface area contributed by atoms with E-state index in [0.29, 0.717) is 31.1 Å². The minimum Gasteiger partial charge on any atom is -0.490 e. The van der Waals surface area contributed by atoms with Crippen molar-refractivity contribution >= 4 is 22.2 Å². The van der Waals surface area contributed by atoms with Gasteiger partial charge in [-0.05, 0) is 31.5 Å². The maximum atomic E-state index is 10.9. The molecule has 16 heavy (non-hydrogen) atoms. The second-order valence-electron chi connectivity index (χ2n) is 3.30. The van der Waals surface area contributed by atoms with Crippen LogP contribution in [0.5, 0.6) is 5.75 Å². The van der Waals surface area contributed by atoms with Crippen molar-refractivity contribution in [2.24, 2.45) is 0 Å². The number of hydrogen-bond acceptors (Lipinski definition) is 3. The number of hydrogen-bond donors (Lipinski definition) is 0. The normalized spacial score (nSPS) is 10.2. The van der Waals surface area contributed by atoms with Gasteiger partial charge in [0.15, 0.2) is 6.29 Å². The van der Waals surface area contributed by atoms with E-state index >= 15 is 0 Å². The van der Waals surface area contributed by atoms with E-state index < -0.39 is 0 Å². The SMILES string of the molecule is CCOCCOc1c(C)cc(Br)cc1C=O. The summed E-state index contributed by atoms with van der Waals surface area (Å²) in [5.41, 5.74) is 1.50. The van der Waals surface area contributed by atoms with E-state index in [4.69, 9.17) is 9.47 Å². The molecule has 0 heterocycles. The van der Waals surface area contributed by atoms with Gasteiger partial charge in [-0.25, -0.2) is 0 Å². The predicted molar refractivity (Wildman–Crippen MR) is 66.3 cm³/mol. The van der Waals surface area contributed by atoms with Gasteiger partial charge in [-0.1, -0.05) is 15.9 Å². The van der Waals surface area contributed by atoms with Crippen molar-refractivity contribution in [1.82, 2.24) is 0 Å². The third kappa shape index (κ3) is 3.61. The van der Waals surface area contributed by atoms with Gasteiger partial charge in [-0.2, -0.15) is 0 Å². The van der Waals surface area contributed by atoms with Gasteiger partial charge in [-0.3, -0.25) is 4.79 Å². The zero-order chi connectivity index (χ0) is 12.0. The Balaban J connectivity index is 2.74. The highest BCUT2D eigenvalue weighted by molar-refractivity contribution is 9.10. The lowest BCUT2D eigenvalue weighted by atomic mass is 10.1. The number of ether oxygens (including phenoxy) is 2. The van der Waals surface area contributed by atoms with Crippen molar-refractivity contribution in [2.45, 2.75) is 13.8 Å². The molecule has 0 fully saturated rings. The Hall–Kier alpha value is -0.870. The number of carbonyl (C=O) groups excluding carboxylic acids is 1. The summed E-state index contributed by atoms with van der Waals surface area (Å²) in [4.78, 5) is 10.9. The van der Waals surface area contributed by atoms with Crippen LogP contribution in [0.4, 0.5) is 0 Å². The van der Waals surface area contributed by atoms with Gasteiger partial charge in [0.2, 0.25) is 0 Å². The van der Waals surface area contributed by atoms with Crippen molar-refractivity contribution in [3.8, 4) is 5.75 Å². The summed E-state index contributed by atoms with van der Waals surface area (Å²) >= 11 is 3.34. The highest BCUT2D eigenvalue weighted by Gasteiger charge is 2.08. The molecule has 0 saturated heterocycles. The van der Waals surface area contributed by atoms with Gasteiger partial charge in [0.25, 0.3) is 0 Å². The number of benzene rings is 1. The monoisotopic (exact) mass is 286 g/mol. The number of carbonyl (C=O) groups is 1. The summed E-state index contributed by atoms with van der Waals surface area (Å²) in [5, 5.41) is 0. The number of rotatable bonds is 6. The topological polar surface area (TPSA) is 35.5 Å². The van der Waals surface area contributed by atoms with Crippen molar-refractivity contribution in [3.63, 3.8) is 0 Å². The van der Waals surface area contributed by atoms with Crippen LogP contribution < -0.4 is 4.74 Å². The standard InChI is InChI=1S/C12H15BrO3/c1-3-15-4-5-16-12-9(2)6-11(13)7-10(12)8-14/h6-8H,3-5H2,1-2H3. The molecule has 0 radical (unpaired) electrons. The van der Waals surface area contributed by atoms with Crippen molar-refractivity contribution < 1.29 is 14.3 Å². The summed E-state index contributed by atoms with van der Waals surface area (Å²) < 4.78 is 11.6. The van der Waals surface area contributed by atoms with Crippen LogP contribution in [0.2, 0.25) is 0 Å². The fraction of sp³-hybridized carbons (Fsp3) is 0.417. The first-order valence-corrected chi connectivity index (χ1v) is 5.94. The van der Waals surface area contributed by atoms with Crippen molar-refractivity contribution in [3.05, 3.63) is 27.7 Å². The van der Waals surface area contributed by atoms with E-state index in [1.54, 1.807) is 6.07 Å². The molecule has 0 N–H and O–H groups in total. The summed E-state index contributed by atoms with van der Waals surface area (Å²) in [5.74, 6) is 0.637. The van der Waals surface area contributed by atoms with Crippen LogP contribution in [0.15, 0.2) is 16.6 Å². The van der Waals surface area contributed by atoms with Crippen LogP contribution >= 0.6 is 15.9 Å². The van der Waals surface area contributed by atoms with E-state index in [-0.39, 0.29) is 0 Å². The number of aldehydes is 1. The molecule has 4 heteroatoms. The fourth-order valence-corrected chi connectivity index (χ4v) is 1.98. The average Bonchev–Trinajstić information content (AvgIpc) is 2.26. The average molecular weight is 287 g/mol. The minimum absolute atomic E-state index is 0.456. The smallest absolute Gasteiger partial charge is 0.153 e. The Labute approximate surface area is 104 Å². The Morgan fingerprint density at radius 2 is 2.12 bits per heavy atom. The molecule has 0 aromatic heterocycles. The van der Waals surface area contributed by atoms with Gasteiger partial charge < -0.3 is 9.47 Å². The summed E-state index contributed by atoms with van der Waals surface area (Å²) in [6.45, 7) is 5.50. The molecule has 1 aromatic carbocycles. The molecule has 0 amide bonds. The lowest BCUT2D eigenvalue weighted by Gasteiger charge is -2.11. The molecular weight excluding hydrogens is 272 g/mol. The zero-order valence-corrected chi connectivity index (χ0v) is 11.0. The molecule has 88 valence electrons. The molecule has 3 nitrogen and oxygen atoms in total. The largest absolute Gasteiger partial charge is 0.490 e. The molecule has 0 aliphatic rings. The molecule has 0 unspecified atom stereocenters. The minimum atomic E-state index is 0.456. The molecular formula is C12H15BrO3. The van der Waals surface area contributed by atoms with E-state index in [9.17, 15) is 4.79 Å². The van der Waals surface area contributed by atoms with E-state index in [0.717, 1.165) is 16.3 Å². The summed E-state index contributed by atoms with van der Waals surface area (Å²) in [7, 11) is 0. The van der Waals surface area contributed by atoms with Gasteiger partial charge in [0.05, 0.1) is 12.2 Å². The summed E-state index contributed by atoms with van der Waals surface area (Å²) in [6, 6.07) is 3.67. The fourth-order valence-electron chi connectivity index (χ4n) is 1.39. The van der Waals surface area contributed by atoms with Gasteiger partial charge in [0.1, 0.15) is 12.4 Å². The molecule has 1 rings (SSSR count). The molecule has 0 spiro atoms. The Kier molecular flexibility index (Phi) is 5.49. The van der Waals surface area contributed by atoms with Crippen LogP contribution in [0.3, 0.4) is 0 Å². The van der Waals surface area contributed by atoms with Crippen LogP contribution in [0.1, 0.15) is 22.8 Å². The quantitative estimate of drug-likeness (QED) is 0.596. The molecule has 0 saturated carbocycles. The molecule has 0 atom stereocenters. The van der Waals surface area contributed by atoms with E-state index in [2.05, 4.69) is 15.9 Å². The summed E-state index contributed by atoms with van der Waals surface area (Å²) in [6.07, 6.45) is 0.799. The third-order valence-corrected chi connectivity index (χ3v) is 2.53. The Bertz CT molecular complexity index is 364. The van der Waals surface area contributed by atoms with Gasteiger partial charge in [0, 0.05) is 11.1 Å². The second kappa shape index (κ2) is 6.66. The van der Waals surface area contributed by atoms with Crippen LogP contribution in [0.25, 0.3) is 0 Å². The third-order valence-electron chi connectivity index (χ3n) is 2.07. The van der Waals surface area contributed by atoms with E-state index in [1.807, 2.05) is 19.9 Å². The first-order chi connectivity index (χ1) is 7.69. The first-order valence-electron chi connectivity index (χ1n) is 5.15. The van der Waals surface area contributed by atoms with Crippen molar-refractivity contribution in [1.29, 1.82) is 0 Å².